The number of carbonyl (C=O) groups excluding carboxylic acids is 1. The van der Waals surface area contributed by atoms with Crippen molar-refractivity contribution in [3.8, 4) is 0 Å². The van der Waals surface area contributed by atoms with E-state index in [9.17, 15) is 14.0 Å². The molecule has 1 fully saturated rings. The quantitative estimate of drug-likeness (QED) is 0.777. The van der Waals surface area contributed by atoms with Crippen molar-refractivity contribution < 1.29 is 9.18 Å². The molecule has 1 atom stereocenters. The molecule has 0 radical (unpaired) electrons. The number of aromatic nitrogens is 3. The topological polar surface area (TPSA) is 86.3 Å². The lowest BCUT2D eigenvalue weighted by Crippen LogP contribution is -2.49. The molecule has 1 aromatic heterocycles. The fraction of sp³-hybridized carbons (Fsp3) is 0.550. The zero-order valence-electron chi connectivity index (χ0n) is 16.4. The van der Waals surface area contributed by atoms with E-state index in [0.717, 1.165) is 52.0 Å². The SMILES string of the molecule is O=C(NCCN1CCN(c2ccccc2F)CC1)C1CCCCc2n[nH]c(=O)n21. The van der Waals surface area contributed by atoms with Gasteiger partial charge in [0.1, 0.15) is 17.7 Å². The van der Waals surface area contributed by atoms with Gasteiger partial charge in [0.05, 0.1) is 5.69 Å². The number of aryl methyl sites for hydroxylation is 1. The van der Waals surface area contributed by atoms with Crippen LogP contribution in [-0.2, 0) is 11.2 Å². The molecule has 1 saturated heterocycles. The second kappa shape index (κ2) is 8.77. The molecule has 1 aromatic carbocycles. The second-order valence-corrected chi connectivity index (χ2v) is 7.65. The summed E-state index contributed by atoms with van der Waals surface area (Å²) in [5.41, 5.74) is 0.335. The van der Waals surface area contributed by atoms with Gasteiger partial charge in [0.25, 0.3) is 0 Å². The fourth-order valence-electron chi connectivity index (χ4n) is 4.21. The number of carbonyl (C=O) groups is 1. The molecule has 0 bridgehead atoms. The number of anilines is 1. The molecule has 3 heterocycles. The molecule has 0 spiro atoms. The van der Waals surface area contributed by atoms with Gasteiger partial charge in [-0.1, -0.05) is 18.6 Å². The number of hydrogen-bond donors (Lipinski definition) is 2. The summed E-state index contributed by atoms with van der Waals surface area (Å²) < 4.78 is 15.5. The third kappa shape index (κ3) is 4.34. The molecule has 2 aromatic rings. The van der Waals surface area contributed by atoms with Crippen molar-refractivity contribution >= 4 is 11.6 Å². The third-order valence-electron chi connectivity index (χ3n) is 5.81. The highest BCUT2D eigenvalue weighted by Crippen LogP contribution is 2.21. The Balaban J connectivity index is 1.26. The first kappa shape index (κ1) is 19.6. The molecular formula is C20H27FN6O2. The Morgan fingerprint density at radius 3 is 2.79 bits per heavy atom. The standard InChI is InChI=1S/C20H27FN6O2/c21-15-5-1-2-6-16(15)26-13-11-25(12-14-26)10-9-22-19(28)17-7-3-4-8-18-23-24-20(29)27(17)18/h1-2,5-6,17H,3-4,7-14H2,(H,22,28)(H,24,29). The number of H-pyrrole nitrogens is 1. The summed E-state index contributed by atoms with van der Waals surface area (Å²) in [5.74, 6) is 0.351. The highest BCUT2D eigenvalue weighted by atomic mass is 19.1. The Hall–Kier alpha value is -2.68. The number of benzene rings is 1. The maximum atomic E-state index is 13.9. The van der Waals surface area contributed by atoms with Gasteiger partial charge >= 0.3 is 5.69 Å². The van der Waals surface area contributed by atoms with Gasteiger partial charge < -0.3 is 10.2 Å². The number of aromatic amines is 1. The lowest BCUT2D eigenvalue weighted by atomic mass is 10.1. The minimum atomic E-state index is -0.489. The van der Waals surface area contributed by atoms with Gasteiger partial charge in [0.15, 0.2) is 0 Å². The van der Waals surface area contributed by atoms with E-state index in [1.54, 1.807) is 6.07 Å². The zero-order valence-corrected chi connectivity index (χ0v) is 16.4. The first-order valence-corrected chi connectivity index (χ1v) is 10.3. The number of para-hydroxylation sites is 1. The molecular weight excluding hydrogens is 375 g/mol. The molecule has 2 N–H and O–H groups in total. The van der Waals surface area contributed by atoms with Crippen molar-refractivity contribution in [1.82, 2.24) is 25.0 Å². The van der Waals surface area contributed by atoms with Crippen LogP contribution in [0, 0.1) is 5.82 Å². The van der Waals surface area contributed by atoms with Crippen LogP contribution in [0.25, 0.3) is 0 Å². The molecule has 8 nitrogen and oxygen atoms in total. The van der Waals surface area contributed by atoms with E-state index in [2.05, 4.69) is 25.3 Å². The Morgan fingerprint density at radius 2 is 2.00 bits per heavy atom. The molecule has 1 unspecified atom stereocenters. The number of hydrogen-bond acceptors (Lipinski definition) is 5. The van der Waals surface area contributed by atoms with Gasteiger partial charge in [-0.05, 0) is 25.0 Å². The molecule has 156 valence electrons. The van der Waals surface area contributed by atoms with Gasteiger partial charge in [-0.25, -0.2) is 14.3 Å². The summed E-state index contributed by atoms with van der Waals surface area (Å²) in [6, 6.07) is 6.36. The third-order valence-corrected chi connectivity index (χ3v) is 5.81. The Bertz CT molecular complexity index is 902. The molecule has 2 aliphatic heterocycles. The highest BCUT2D eigenvalue weighted by Gasteiger charge is 2.27. The number of fused-ring (bicyclic) bond motifs is 1. The molecule has 2 aliphatic rings. The largest absolute Gasteiger partial charge is 0.367 e. The fourth-order valence-corrected chi connectivity index (χ4v) is 4.21. The van der Waals surface area contributed by atoms with E-state index in [0.29, 0.717) is 24.5 Å². The summed E-state index contributed by atoms with van der Waals surface area (Å²) in [7, 11) is 0. The number of amides is 1. The molecule has 9 heteroatoms. The molecule has 0 aliphatic carbocycles. The monoisotopic (exact) mass is 402 g/mol. The van der Waals surface area contributed by atoms with Crippen LogP contribution in [0.3, 0.4) is 0 Å². The van der Waals surface area contributed by atoms with Crippen molar-refractivity contribution in [2.75, 3.05) is 44.2 Å². The van der Waals surface area contributed by atoms with Crippen LogP contribution in [0.2, 0.25) is 0 Å². The maximum Gasteiger partial charge on any atom is 0.344 e. The first-order chi connectivity index (χ1) is 14.1. The van der Waals surface area contributed by atoms with Crippen LogP contribution in [0.1, 0.15) is 31.1 Å². The lowest BCUT2D eigenvalue weighted by Gasteiger charge is -2.36. The van der Waals surface area contributed by atoms with Gasteiger partial charge in [-0.2, -0.15) is 5.10 Å². The predicted octanol–water partition coefficient (Wildman–Crippen LogP) is 0.916. The summed E-state index contributed by atoms with van der Waals surface area (Å²) in [5, 5.41) is 9.49. The maximum absolute atomic E-state index is 13.9. The van der Waals surface area contributed by atoms with E-state index in [-0.39, 0.29) is 17.4 Å². The summed E-state index contributed by atoms with van der Waals surface area (Å²) in [6.07, 6.45) is 3.20. The van der Waals surface area contributed by atoms with Gasteiger partial charge in [-0.15, -0.1) is 0 Å². The molecule has 0 saturated carbocycles. The average Bonchev–Trinajstić information content (AvgIpc) is 2.96. The second-order valence-electron chi connectivity index (χ2n) is 7.65. The summed E-state index contributed by atoms with van der Waals surface area (Å²) >= 11 is 0. The minimum Gasteiger partial charge on any atom is -0.367 e. The van der Waals surface area contributed by atoms with E-state index in [4.69, 9.17) is 0 Å². The number of nitrogens with zero attached hydrogens (tertiary/aromatic N) is 4. The van der Waals surface area contributed by atoms with Crippen molar-refractivity contribution in [2.24, 2.45) is 0 Å². The Morgan fingerprint density at radius 1 is 1.21 bits per heavy atom. The van der Waals surface area contributed by atoms with Crippen molar-refractivity contribution in [1.29, 1.82) is 0 Å². The van der Waals surface area contributed by atoms with Crippen molar-refractivity contribution in [2.45, 2.75) is 31.7 Å². The normalized spacial score (nSPS) is 20.2. The Kier molecular flexibility index (Phi) is 5.94. The van der Waals surface area contributed by atoms with Crippen LogP contribution in [0.4, 0.5) is 10.1 Å². The van der Waals surface area contributed by atoms with Crippen LogP contribution >= 0.6 is 0 Å². The molecule has 4 rings (SSSR count). The van der Waals surface area contributed by atoms with E-state index < -0.39 is 6.04 Å². The number of halogens is 1. The van der Waals surface area contributed by atoms with Crippen LogP contribution in [0.5, 0.6) is 0 Å². The number of rotatable bonds is 5. The Labute approximate surface area is 168 Å². The van der Waals surface area contributed by atoms with Crippen molar-refractivity contribution in [3.05, 3.63) is 46.4 Å². The average molecular weight is 402 g/mol. The van der Waals surface area contributed by atoms with E-state index >= 15 is 0 Å². The van der Waals surface area contributed by atoms with E-state index in [1.165, 1.54) is 10.6 Å². The molecule has 1 amide bonds. The van der Waals surface area contributed by atoms with Crippen LogP contribution in [-0.4, -0.2) is 64.8 Å². The minimum absolute atomic E-state index is 0.123. The van der Waals surface area contributed by atoms with Gasteiger partial charge in [0.2, 0.25) is 5.91 Å². The van der Waals surface area contributed by atoms with E-state index in [1.807, 2.05) is 12.1 Å². The van der Waals surface area contributed by atoms with Crippen molar-refractivity contribution in [3.63, 3.8) is 0 Å². The van der Waals surface area contributed by atoms with Gasteiger partial charge in [0, 0.05) is 45.7 Å². The lowest BCUT2D eigenvalue weighted by molar-refractivity contribution is -0.124. The van der Waals surface area contributed by atoms with Gasteiger partial charge in [-0.3, -0.25) is 14.3 Å². The molecule has 29 heavy (non-hydrogen) atoms. The predicted molar refractivity (Wildman–Crippen MR) is 108 cm³/mol. The smallest absolute Gasteiger partial charge is 0.344 e. The first-order valence-electron chi connectivity index (χ1n) is 10.3. The van der Waals surface area contributed by atoms with Crippen LogP contribution in [0.15, 0.2) is 29.1 Å². The summed E-state index contributed by atoms with van der Waals surface area (Å²) in [6.45, 7) is 4.40. The highest BCUT2D eigenvalue weighted by molar-refractivity contribution is 5.80. The number of piperazine rings is 1. The zero-order chi connectivity index (χ0) is 20.2. The number of nitrogens with one attached hydrogen (secondary N) is 2. The summed E-state index contributed by atoms with van der Waals surface area (Å²) in [4.78, 5) is 29.1. The van der Waals surface area contributed by atoms with Crippen LogP contribution < -0.4 is 15.9 Å².